The van der Waals surface area contributed by atoms with E-state index < -0.39 is 0 Å². The van der Waals surface area contributed by atoms with E-state index in [-0.39, 0.29) is 5.91 Å². The van der Waals surface area contributed by atoms with Gasteiger partial charge in [0, 0.05) is 19.8 Å². The molecule has 2 rings (SSSR count). The van der Waals surface area contributed by atoms with Gasteiger partial charge < -0.3 is 4.90 Å². The minimum absolute atomic E-state index is 0.167. The number of nitrogens with zero attached hydrogens (tertiary/aromatic N) is 4. The number of carbonyl (C=O) groups is 1. The van der Waals surface area contributed by atoms with Gasteiger partial charge in [-0.1, -0.05) is 18.2 Å². The lowest BCUT2D eigenvalue weighted by molar-refractivity contribution is 0.0987. The van der Waals surface area contributed by atoms with Crippen LogP contribution in [0.2, 0.25) is 0 Å². The van der Waals surface area contributed by atoms with Crippen LogP contribution in [0.25, 0.3) is 0 Å². The van der Waals surface area contributed by atoms with E-state index >= 15 is 0 Å². The zero-order valence-corrected chi connectivity index (χ0v) is 9.16. The average molecular weight is 216 g/mol. The van der Waals surface area contributed by atoms with Gasteiger partial charge in [0.2, 0.25) is 0 Å². The van der Waals surface area contributed by atoms with Gasteiger partial charge in [0.15, 0.2) is 5.69 Å². The number of amides is 1. The molecule has 0 N–H and O–H groups in total. The normalized spacial score (nSPS) is 10.1. The van der Waals surface area contributed by atoms with Crippen LogP contribution in [0.3, 0.4) is 0 Å². The number of hydrogen-bond donors (Lipinski definition) is 0. The van der Waals surface area contributed by atoms with E-state index in [4.69, 9.17) is 0 Å². The van der Waals surface area contributed by atoms with Crippen molar-refractivity contribution in [2.75, 3.05) is 11.9 Å². The second-order valence-electron chi connectivity index (χ2n) is 3.42. The van der Waals surface area contributed by atoms with Gasteiger partial charge in [0.25, 0.3) is 5.91 Å². The summed E-state index contributed by atoms with van der Waals surface area (Å²) in [5, 5.41) is 7.84. The van der Waals surface area contributed by atoms with E-state index in [1.807, 2.05) is 30.3 Å². The average Bonchev–Trinajstić information content (AvgIpc) is 2.75. The third kappa shape index (κ3) is 1.93. The molecule has 0 bridgehead atoms. The number of benzene rings is 1. The summed E-state index contributed by atoms with van der Waals surface area (Å²) in [6, 6.07) is 9.41. The van der Waals surface area contributed by atoms with Crippen molar-refractivity contribution in [2.24, 2.45) is 7.05 Å². The summed E-state index contributed by atoms with van der Waals surface area (Å²) in [6.07, 6.45) is 1.46. The summed E-state index contributed by atoms with van der Waals surface area (Å²) in [4.78, 5) is 14.9. The lowest BCUT2D eigenvalue weighted by Gasteiger charge is -2.15. The molecule has 1 amide bonds. The molecule has 0 atom stereocenters. The first kappa shape index (κ1) is 10.4. The maximum absolute atomic E-state index is 12.0. The molecule has 0 saturated heterocycles. The third-order valence-corrected chi connectivity index (χ3v) is 2.27. The van der Waals surface area contributed by atoms with Crippen LogP contribution in [0, 0.1) is 0 Å². The van der Waals surface area contributed by atoms with Crippen LogP contribution in [-0.2, 0) is 7.05 Å². The molecule has 1 aromatic heterocycles. The van der Waals surface area contributed by atoms with Crippen LogP contribution < -0.4 is 4.90 Å². The largest absolute Gasteiger partial charge is 0.310 e. The molecule has 0 unspecified atom stereocenters. The highest BCUT2D eigenvalue weighted by molar-refractivity contribution is 6.04. The lowest BCUT2D eigenvalue weighted by Crippen LogP contribution is -2.26. The van der Waals surface area contributed by atoms with E-state index in [1.54, 1.807) is 19.0 Å². The highest BCUT2D eigenvalue weighted by atomic mass is 16.2. The van der Waals surface area contributed by atoms with Gasteiger partial charge in [-0.2, -0.15) is 9.90 Å². The Kier molecular flexibility index (Phi) is 2.68. The zero-order chi connectivity index (χ0) is 11.5. The molecule has 0 fully saturated rings. The molecule has 0 radical (unpaired) electrons. The molecule has 2 aromatic rings. The fourth-order valence-corrected chi connectivity index (χ4v) is 1.38. The van der Waals surface area contributed by atoms with Crippen LogP contribution in [0.1, 0.15) is 10.5 Å². The van der Waals surface area contributed by atoms with E-state index in [9.17, 15) is 4.79 Å². The van der Waals surface area contributed by atoms with Crippen molar-refractivity contribution in [3.05, 3.63) is 42.2 Å². The summed E-state index contributed by atoms with van der Waals surface area (Å²) >= 11 is 0. The number of anilines is 1. The molecule has 1 aromatic carbocycles. The Balaban J connectivity index is 2.23. The van der Waals surface area contributed by atoms with Crippen LogP contribution >= 0.6 is 0 Å². The van der Waals surface area contributed by atoms with Gasteiger partial charge in [-0.05, 0) is 12.1 Å². The molecule has 16 heavy (non-hydrogen) atoms. The van der Waals surface area contributed by atoms with Gasteiger partial charge in [-0.25, -0.2) is 0 Å². The molecule has 0 aliphatic heterocycles. The van der Waals surface area contributed by atoms with Crippen molar-refractivity contribution in [1.29, 1.82) is 0 Å². The van der Waals surface area contributed by atoms with Crippen molar-refractivity contribution < 1.29 is 4.79 Å². The molecule has 82 valence electrons. The molecule has 5 heteroatoms. The predicted octanol–water partition coefficient (Wildman–Crippen LogP) is 1.09. The summed E-state index contributed by atoms with van der Waals surface area (Å²) in [7, 11) is 3.39. The Morgan fingerprint density at radius 2 is 2.00 bits per heavy atom. The molecule has 0 saturated carbocycles. The Morgan fingerprint density at radius 1 is 1.31 bits per heavy atom. The Morgan fingerprint density at radius 3 is 2.56 bits per heavy atom. The minimum Gasteiger partial charge on any atom is -0.310 e. The van der Waals surface area contributed by atoms with Crippen LogP contribution in [0.15, 0.2) is 36.5 Å². The number of aromatic nitrogens is 3. The molecular formula is C11H12N4O. The first-order valence-corrected chi connectivity index (χ1v) is 4.88. The second kappa shape index (κ2) is 4.14. The number of carbonyl (C=O) groups excluding carboxylic acids is 1. The lowest BCUT2D eigenvalue weighted by atomic mass is 10.3. The predicted molar refractivity (Wildman–Crippen MR) is 60.2 cm³/mol. The van der Waals surface area contributed by atoms with E-state index in [1.165, 1.54) is 11.0 Å². The van der Waals surface area contributed by atoms with Crippen molar-refractivity contribution in [2.45, 2.75) is 0 Å². The van der Waals surface area contributed by atoms with E-state index in [0.29, 0.717) is 5.69 Å². The van der Waals surface area contributed by atoms with Gasteiger partial charge >= 0.3 is 0 Å². The summed E-state index contributed by atoms with van der Waals surface area (Å²) in [6.45, 7) is 0. The SMILES string of the molecule is CN(C(=O)c1cnn(C)n1)c1ccccc1. The maximum atomic E-state index is 12.0. The monoisotopic (exact) mass is 216 g/mol. The van der Waals surface area contributed by atoms with Crippen molar-refractivity contribution in [3.63, 3.8) is 0 Å². The number of hydrogen-bond acceptors (Lipinski definition) is 3. The summed E-state index contributed by atoms with van der Waals surface area (Å²) < 4.78 is 0. The number of aryl methyl sites for hydroxylation is 1. The molecule has 0 aliphatic carbocycles. The minimum atomic E-state index is -0.167. The van der Waals surface area contributed by atoms with Crippen LogP contribution in [0.5, 0.6) is 0 Å². The smallest absolute Gasteiger partial charge is 0.280 e. The maximum Gasteiger partial charge on any atom is 0.280 e. The highest BCUT2D eigenvalue weighted by Crippen LogP contribution is 2.13. The van der Waals surface area contributed by atoms with Crippen molar-refractivity contribution in [1.82, 2.24) is 15.0 Å². The molecule has 5 nitrogen and oxygen atoms in total. The number of rotatable bonds is 2. The highest BCUT2D eigenvalue weighted by Gasteiger charge is 2.15. The fourth-order valence-electron chi connectivity index (χ4n) is 1.38. The summed E-state index contributed by atoms with van der Waals surface area (Å²) in [5.74, 6) is -0.167. The quantitative estimate of drug-likeness (QED) is 0.755. The van der Waals surface area contributed by atoms with Gasteiger partial charge in [0.1, 0.15) is 0 Å². The van der Waals surface area contributed by atoms with Crippen LogP contribution in [0.4, 0.5) is 5.69 Å². The van der Waals surface area contributed by atoms with Gasteiger partial charge in [0.05, 0.1) is 6.20 Å². The molecule has 1 heterocycles. The molecule has 0 aliphatic rings. The Hall–Kier alpha value is -2.17. The summed E-state index contributed by atoms with van der Waals surface area (Å²) in [5.41, 5.74) is 1.17. The first-order chi connectivity index (χ1) is 7.68. The first-order valence-electron chi connectivity index (χ1n) is 4.88. The number of para-hydroxylation sites is 1. The van der Waals surface area contributed by atoms with Gasteiger partial charge in [-0.3, -0.25) is 4.79 Å². The zero-order valence-electron chi connectivity index (χ0n) is 9.16. The Bertz CT molecular complexity index is 492. The van der Waals surface area contributed by atoms with E-state index in [0.717, 1.165) is 5.69 Å². The van der Waals surface area contributed by atoms with Crippen molar-refractivity contribution in [3.8, 4) is 0 Å². The fraction of sp³-hybridized carbons (Fsp3) is 0.182. The molecular weight excluding hydrogens is 204 g/mol. The topological polar surface area (TPSA) is 51.0 Å². The standard InChI is InChI=1S/C11H12N4O/c1-14(9-6-4-3-5-7-9)11(16)10-8-12-15(2)13-10/h3-8H,1-2H3. The third-order valence-electron chi connectivity index (χ3n) is 2.27. The molecule has 0 spiro atoms. The Labute approximate surface area is 93.3 Å². The van der Waals surface area contributed by atoms with E-state index in [2.05, 4.69) is 10.2 Å². The van der Waals surface area contributed by atoms with Crippen molar-refractivity contribution >= 4 is 11.6 Å². The van der Waals surface area contributed by atoms with Gasteiger partial charge in [-0.15, -0.1) is 5.10 Å². The van der Waals surface area contributed by atoms with Crippen LogP contribution in [-0.4, -0.2) is 27.9 Å². The second-order valence-corrected chi connectivity index (χ2v) is 3.42.